The van der Waals surface area contributed by atoms with Crippen molar-refractivity contribution in [1.82, 2.24) is 0 Å². The minimum atomic E-state index is -1.86. The van der Waals surface area contributed by atoms with E-state index in [-0.39, 0.29) is 5.90 Å². The monoisotopic (exact) mass is 448 g/mol. The number of fused-ring (bicyclic) bond motifs is 2. The Bertz CT molecular complexity index is 973. The van der Waals surface area contributed by atoms with Crippen molar-refractivity contribution in [3.63, 3.8) is 0 Å². The van der Waals surface area contributed by atoms with E-state index in [1.54, 1.807) is 38.3 Å². The molecule has 2 fully saturated rings. The minimum absolute atomic E-state index is 0.376. The zero-order valence-corrected chi connectivity index (χ0v) is 19.7. The summed E-state index contributed by atoms with van der Waals surface area (Å²) < 4.78 is 17.4. The lowest BCUT2D eigenvalue weighted by Crippen LogP contribution is -2.60. The summed E-state index contributed by atoms with van der Waals surface area (Å²) in [6.45, 7) is 3.88. The molecule has 1 aromatic rings. The van der Waals surface area contributed by atoms with Gasteiger partial charge in [-0.25, -0.2) is 0 Å². The van der Waals surface area contributed by atoms with Crippen molar-refractivity contribution >= 4 is 5.90 Å². The highest BCUT2D eigenvalue weighted by molar-refractivity contribution is 5.90. The van der Waals surface area contributed by atoms with E-state index in [4.69, 9.17) is 19.6 Å². The topological polar surface area (TPSA) is 123 Å². The Kier molecular flexibility index (Phi) is 7.31. The van der Waals surface area contributed by atoms with Gasteiger partial charge in [0, 0.05) is 6.92 Å². The molecule has 4 atom stereocenters. The Labute approximate surface area is 196 Å². The van der Waals surface area contributed by atoms with Gasteiger partial charge in [0.25, 0.3) is 0 Å². The standard InChI is InChI=1S/C26H32N4O3/c1-4-5-6-7-8-9-10-11-21-25(16-27,17-28)26(18-29)22(24(2,32-21)33-23(26)30)19-12-14-20(31-3)15-13-19/h12-15,21-22,30H,4-11H2,1-3H3. The molecule has 0 aliphatic carbocycles. The second kappa shape index (κ2) is 9.82. The van der Waals surface area contributed by atoms with Crippen LogP contribution in [0.2, 0.25) is 0 Å². The molecule has 2 aliphatic rings. The van der Waals surface area contributed by atoms with Gasteiger partial charge in [-0.1, -0.05) is 64.0 Å². The van der Waals surface area contributed by atoms with Crippen LogP contribution in [0.15, 0.2) is 24.3 Å². The molecule has 174 valence electrons. The van der Waals surface area contributed by atoms with Crippen molar-refractivity contribution in [2.75, 3.05) is 7.11 Å². The normalized spacial score (nSPS) is 29.4. The summed E-state index contributed by atoms with van der Waals surface area (Å²) in [5.74, 6) is -1.88. The maximum absolute atomic E-state index is 10.4. The van der Waals surface area contributed by atoms with Crippen LogP contribution in [0.5, 0.6) is 5.75 Å². The molecule has 0 saturated carbocycles. The third kappa shape index (κ3) is 3.84. The summed E-state index contributed by atoms with van der Waals surface area (Å²) in [6.07, 6.45) is 7.25. The van der Waals surface area contributed by atoms with Gasteiger partial charge in [-0.2, -0.15) is 15.8 Å². The number of unbranched alkanes of at least 4 members (excludes halogenated alkanes) is 6. The number of hydrogen-bond acceptors (Lipinski definition) is 7. The summed E-state index contributed by atoms with van der Waals surface area (Å²) in [7, 11) is 1.56. The van der Waals surface area contributed by atoms with Crippen LogP contribution in [0, 0.1) is 50.2 Å². The van der Waals surface area contributed by atoms with Gasteiger partial charge in [-0.15, -0.1) is 0 Å². The molecule has 1 aromatic carbocycles. The van der Waals surface area contributed by atoms with Crippen molar-refractivity contribution in [1.29, 1.82) is 21.2 Å². The molecule has 33 heavy (non-hydrogen) atoms. The Morgan fingerprint density at radius 2 is 1.58 bits per heavy atom. The van der Waals surface area contributed by atoms with E-state index < -0.39 is 28.6 Å². The third-order valence-electron chi connectivity index (χ3n) is 7.15. The van der Waals surface area contributed by atoms with Crippen molar-refractivity contribution in [3.8, 4) is 24.0 Å². The van der Waals surface area contributed by atoms with E-state index in [0.717, 1.165) is 25.7 Å². The second-order valence-corrected chi connectivity index (χ2v) is 9.12. The smallest absolute Gasteiger partial charge is 0.218 e. The van der Waals surface area contributed by atoms with Crippen LogP contribution in [0.4, 0.5) is 0 Å². The lowest BCUT2D eigenvalue weighted by Gasteiger charge is -2.49. The molecule has 2 aliphatic heterocycles. The average Bonchev–Trinajstić information content (AvgIpc) is 3.01. The first kappa shape index (κ1) is 24.6. The molecule has 0 spiro atoms. The predicted octanol–water partition coefficient (Wildman–Crippen LogP) is 5.59. The summed E-state index contributed by atoms with van der Waals surface area (Å²) >= 11 is 0. The quantitative estimate of drug-likeness (QED) is 0.466. The Morgan fingerprint density at radius 3 is 2.12 bits per heavy atom. The van der Waals surface area contributed by atoms with Crippen molar-refractivity contribution in [2.45, 2.75) is 83.0 Å². The molecule has 2 heterocycles. The molecule has 2 saturated heterocycles. The van der Waals surface area contributed by atoms with Crippen molar-refractivity contribution < 1.29 is 14.2 Å². The number of methoxy groups -OCH3 is 1. The summed E-state index contributed by atoms with van der Waals surface area (Å²) in [5.41, 5.74) is -2.97. The molecular weight excluding hydrogens is 416 g/mol. The van der Waals surface area contributed by atoms with E-state index in [2.05, 4.69) is 25.1 Å². The highest BCUT2D eigenvalue weighted by Crippen LogP contribution is 2.66. The number of nitrogens with one attached hydrogen (secondary N) is 1. The van der Waals surface area contributed by atoms with Crippen LogP contribution < -0.4 is 4.74 Å². The fourth-order valence-corrected chi connectivity index (χ4v) is 5.45. The first-order chi connectivity index (χ1) is 15.9. The van der Waals surface area contributed by atoms with Gasteiger partial charge < -0.3 is 14.2 Å². The maximum atomic E-state index is 10.4. The Hall–Kier alpha value is -3.08. The van der Waals surface area contributed by atoms with Gasteiger partial charge in [0.2, 0.25) is 11.7 Å². The molecule has 4 unspecified atom stereocenters. The fourth-order valence-electron chi connectivity index (χ4n) is 5.45. The van der Waals surface area contributed by atoms with Crippen LogP contribution in [0.1, 0.15) is 76.7 Å². The number of hydrogen-bond donors (Lipinski definition) is 1. The molecule has 3 rings (SSSR count). The van der Waals surface area contributed by atoms with Gasteiger partial charge in [0.15, 0.2) is 10.8 Å². The maximum Gasteiger partial charge on any atom is 0.218 e. The van der Waals surface area contributed by atoms with Crippen LogP contribution in [-0.4, -0.2) is 24.9 Å². The SMILES string of the molecule is CCCCCCCCCC1OC2(C)OC(=N)C(C#N)(C2c2ccc(OC)cc2)C1(C#N)C#N. The lowest BCUT2D eigenvalue weighted by molar-refractivity contribution is -0.251. The summed E-state index contributed by atoms with van der Waals surface area (Å²) in [6, 6.07) is 13.5. The average molecular weight is 449 g/mol. The number of nitriles is 3. The summed E-state index contributed by atoms with van der Waals surface area (Å²) in [4.78, 5) is 0. The third-order valence-corrected chi connectivity index (χ3v) is 7.15. The molecule has 2 bridgehead atoms. The Morgan fingerprint density at radius 1 is 0.970 bits per heavy atom. The van der Waals surface area contributed by atoms with Gasteiger partial charge >= 0.3 is 0 Å². The van der Waals surface area contributed by atoms with Crippen LogP contribution in [0.3, 0.4) is 0 Å². The molecular formula is C26H32N4O3. The van der Waals surface area contributed by atoms with Crippen molar-refractivity contribution in [2.24, 2.45) is 10.8 Å². The van der Waals surface area contributed by atoms with E-state index in [9.17, 15) is 15.8 Å². The molecule has 0 aromatic heterocycles. The van der Waals surface area contributed by atoms with E-state index in [0.29, 0.717) is 17.7 Å². The van der Waals surface area contributed by atoms with E-state index in [1.165, 1.54) is 19.3 Å². The first-order valence-electron chi connectivity index (χ1n) is 11.7. The molecule has 7 heteroatoms. The predicted molar refractivity (Wildman–Crippen MR) is 122 cm³/mol. The fraction of sp³-hybridized carbons (Fsp3) is 0.615. The highest BCUT2D eigenvalue weighted by Gasteiger charge is 2.79. The minimum Gasteiger partial charge on any atom is -0.497 e. The largest absolute Gasteiger partial charge is 0.497 e. The number of benzene rings is 1. The van der Waals surface area contributed by atoms with Crippen LogP contribution >= 0.6 is 0 Å². The second-order valence-electron chi connectivity index (χ2n) is 9.12. The Balaban J connectivity index is 1.94. The van der Waals surface area contributed by atoms with Crippen molar-refractivity contribution in [3.05, 3.63) is 29.8 Å². The zero-order chi connectivity index (χ0) is 24.1. The molecule has 0 amide bonds. The first-order valence-corrected chi connectivity index (χ1v) is 11.7. The van der Waals surface area contributed by atoms with E-state index >= 15 is 0 Å². The molecule has 0 radical (unpaired) electrons. The summed E-state index contributed by atoms with van der Waals surface area (Å²) in [5, 5.41) is 39.7. The van der Waals surface area contributed by atoms with Crippen LogP contribution in [0.25, 0.3) is 0 Å². The van der Waals surface area contributed by atoms with Gasteiger partial charge in [-0.05, 0) is 24.1 Å². The number of nitrogens with zero attached hydrogens (tertiary/aromatic N) is 3. The van der Waals surface area contributed by atoms with E-state index in [1.807, 2.05) is 0 Å². The molecule has 7 nitrogen and oxygen atoms in total. The number of rotatable bonds is 10. The van der Waals surface area contributed by atoms with Gasteiger partial charge in [0.05, 0.1) is 37.3 Å². The van der Waals surface area contributed by atoms with Crippen LogP contribution in [-0.2, 0) is 9.47 Å². The highest BCUT2D eigenvalue weighted by atomic mass is 16.7. The van der Waals surface area contributed by atoms with Gasteiger partial charge in [0.1, 0.15) is 5.75 Å². The zero-order valence-electron chi connectivity index (χ0n) is 19.7. The lowest BCUT2D eigenvalue weighted by atomic mass is 9.52. The molecule has 1 N–H and O–H groups in total. The van der Waals surface area contributed by atoms with Gasteiger partial charge in [-0.3, -0.25) is 5.41 Å². The number of ether oxygens (including phenoxy) is 3.